The first-order chi connectivity index (χ1) is 9.72. The first kappa shape index (κ1) is 14.5. The first-order valence-corrected chi connectivity index (χ1v) is 6.95. The molecule has 1 atom stereocenters. The lowest BCUT2D eigenvalue weighted by Gasteiger charge is -2.17. The van der Waals surface area contributed by atoms with Gasteiger partial charge >= 0.3 is 0 Å². The van der Waals surface area contributed by atoms with Crippen LogP contribution >= 0.6 is 0 Å². The fraction of sp³-hybridized carbons (Fsp3) is 0.467. The third-order valence-corrected chi connectivity index (χ3v) is 3.20. The van der Waals surface area contributed by atoms with Gasteiger partial charge in [-0.05, 0) is 32.9 Å². The largest absolute Gasteiger partial charge is 0.487 e. The van der Waals surface area contributed by atoms with Gasteiger partial charge in [-0.2, -0.15) is 0 Å². The van der Waals surface area contributed by atoms with Crippen molar-refractivity contribution in [3.8, 4) is 5.75 Å². The summed E-state index contributed by atoms with van der Waals surface area (Å²) in [6.45, 7) is 7.50. The van der Waals surface area contributed by atoms with Crippen molar-refractivity contribution in [1.29, 1.82) is 0 Å². The summed E-state index contributed by atoms with van der Waals surface area (Å²) in [6, 6.07) is 8.30. The predicted octanol–water partition coefficient (Wildman–Crippen LogP) is 3.02. The summed E-state index contributed by atoms with van der Waals surface area (Å²) in [5.74, 6) is 0.867. The van der Waals surface area contributed by atoms with E-state index in [-0.39, 0.29) is 6.04 Å². The number of ether oxygens (including phenoxy) is 1. The minimum absolute atomic E-state index is 0.252. The Balaban J connectivity index is 2.05. The lowest BCUT2D eigenvalue weighted by atomic mass is 10.1. The molecule has 1 aromatic heterocycles. The smallest absolute Gasteiger partial charge is 0.145 e. The van der Waals surface area contributed by atoms with Crippen LogP contribution in [-0.2, 0) is 6.61 Å². The summed E-state index contributed by atoms with van der Waals surface area (Å²) >= 11 is 0. The molecular weight excluding hydrogens is 254 g/mol. The van der Waals surface area contributed by atoms with Crippen molar-refractivity contribution in [2.24, 2.45) is 0 Å². The molecule has 0 saturated heterocycles. The Morgan fingerprint density at radius 3 is 2.80 bits per heavy atom. The molecule has 0 spiro atoms. The summed E-state index contributed by atoms with van der Waals surface area (Å²) in [4.78, 5) is 0. The molecule has 0 aliphatic heterocycles. The number of benzene rings is 1. The van der Waals surface area contributed by atoms with E-state index in [1.165, 1.54) is 0 Å². The van der Waals surface area contributed by atoms with Gasteiger partial charge in [0.2, 0.25) is 0 Å². The Hall–Kier alpha value is -1.88. The molecule has 108 valence electrons. The van der Waals surface area contributed by atoms with Crippen molar-refractivity contribution in [3.63, 3.8) is 0 Å². The number of rotatable bonds is 7. The Morgan fingerprint density at radius 1 is 1.30 bits per heavy atom. The fourth-order valence-corrected chi connectivity index (χ4v) is 1.97. The van der Waals surface area contributed by atoms with Crippen LogP contribution in [0.5, 0.6) is 5.75 Å². The van der Waals surface area contributed by atoms with Crippen LogP contribution in [0.25, 0.3) is 0 Å². The highest BCUT2D eigenvalue weighted by atomic mass is 16.6. The molecule has 5 nitrogen and oxygen atoms in total. The second-order valence-corrected chi connectivity index (χ2v) is 4.80. The second kappa shape index (κ2) is 7.05. The van der Waals surface area contributed by atoms with Gasteiger partial charge in [0.15, 0.2) is 0 Å². The van der Waals surface area contributed by atoms with Crippen molar-refractivity contribution < 1.29 is 9.37 Å². The summed E-state index contributed by atoms with van der Waals surface area (Å²) in [6.07, 6.45) is 1.11. The molecule has 0 saturated carbocycles. The number of aromatic nitrogens is 2. The SMILES string of the molecule is CCCNC(C)c1ccccc1OCc1nonc1C. The fourth-order valence-electron chi connectivity index (χ4n) is 1.97. The van der Waals surface area contributed by atoms with E-state index < -0.39 is 0 Å². The summed E-state index contributed by atoms with van der Waals surface area (Å²) in [5.41, 5.74) is 2.64. The Bertz CT molecular complexity index is 539. The normalized spacial score (nSPS) is 12.3. The van der Waals surface area contributed by atoms with Crippen LogP contribution in [0.1, 0.15) is 43.3 Å². The van der Waals surface area contributed by atoms with Gasteiger partial charge in [0.05, 0.1) is 0 Å². The molecule has 0 amide bonds. The number of nitrogens with one attached hydrogen (secondary N) is 1. The van der Waals surface area contributed by atoms with Crippen molar-refractivity contribution in [3.05, 3.63) is 41.2 Å². The molecule has 1 N–H and O–H groups in total. The first-order valence-electron chi connectivity index (χ1n) is 6.95. The van der Waals surface area contributed by atoms with Gasteiger partial charge in [0, 0.05) is 11.6 Å². The van der Waals surface area contributed by atoms with E-state index >= 15 is 0 Å². The van der Waals surface area contributed by atoms with Gasteiger partial charge < -0.3 is 10.1 Å². The third-order valence-electron chi connectivity index (χ3n) is 3.20. The number of aryl methyl sites for hydroxylation is 1. The van der Waals surface area contributed by atoms with Crippen molar-refractivity contribution in [1.82, 2.24) is 15.6 Å². The topological polar surface area (TPSA) is 60.2 Å². The van der Waals surface area contributed by atoms with Crippen LogP contribution < -0.4 is 10.1 Å². The van der Waals surface area contributed by atoms with E-state index in [0.717, 1.165) is 35.7 Å². The van der Waals surface area contributed by atoms with Gasteiger partial charge in [-0.3, -0.25) is 0 Å². The van der Waals surface area contributed by atoms with E-state index in [4.69, 9.17) is 4.74 Å². The van der Waals surface area contributed by atoms with Gasteiger partial charge in [0.25, 0.3) is 0 Å². The maximum absolute atomic E-state index is 5.86. The second-order valence-electron chi connectivity index (χ2n) is 4.80. The van der Waals surface area contributed by atoms with Crippen molar-refractivity contribution >= 4 is 0 Å². The summed E-state index contributed by atoms with van der Waals surface area (Å²) in [5, 5.41) is 11.0. The third kappa shape index (κ3) is 3.57. The van der Waals surface area contributed by atoms with Crippen LogP contribution in [0.15, 0.2) is 28.9 Å². The lowest BCUT2D eigenvalue weighted by Crippen LogP contribution is -2.20. The van der Waals surface area contributed by atoms with Crippen LogP contribution in [-0.4, -0.2) is 16.9 Å². The summed E-state index contributed by atoms with van der Waals surface area (Å²) < 4.78 is 10.5. The molecule has 0 radical (unpaired) electrons. The molecule has 1 unspecified atom stereocenters. The predicted molar refractivity (Wildman–Crippen MR) is 76.5 cm³/mol. The zero-order valence-electron chi connectivity index (χ0n) is 12.2. The molecule has 2 rings (SSSR count). The minimum Gasteiger partial charge on any atom is -0.487 e. The van der Waals surface area contributed by atoms with Crippen LogP contribution in [0.3, 0.4) is 0 Å². The maximum Gasteiger partial charge on any atom is 0.145 e. The molecule has 20 heavy (non-hydrogen) atoms. The van der Waals surface area contributed by atoms with E-state index in [9.17, 15) is 0 Å². The highest BCUT2D eigenvalue weighted by Gasteiger charge is 2.12. The van der Waals surface area contributed by atoms with Gasteiger partial charge in [-0.15, -0.1) is 0 Å². The number of para-hydroxylation sites is 1. The van der Waals surface area contributed by atoms with Crippen LogP contribution in [0.4, 0.5) is 0 Å². The Morgan fingerprint density at radius 2 is 2.10 bits per heavy atom. The summed E-state index contributed by atoms with van der Waals surface area (Å²) in [7, 11) is 0. The highest BCUT2D eigenvalue weighted by molar-refractivity contribution is 5.35. The highest BCUT2D eigenvalue weighted by Crippen LogP contribution is 2.25. The van der Waals surface area contributed by atoms with Gasteiger partial charge in [0.1, 0.15) is 23.7 Å². The average Bonchev–Trinajstić information content (AvgIpc) is 2.88. The molecule has 1 aromatic carbocycles. The molecule has 0 fully saturated rings. The van der Waals surface area contributed by atoms with Crippen LogP contribution in [0, 0.1) is 6.92 Å². The number of nitrogens with zero attached hydrogens (tertiary/aromatic N) is 2. The molecule has 0 aliphatic carbocycles. The van der Waals surface area contributed by atoms with E-state index in [2.05, 4.69) is 40.2 Å². The van der Waals surface area contributed by atoms with Crippen molar-refractivity contribution in [2.45, 2.75) is 39.8 Å². The monoisotopic (exact) mass is 275 g/mol. The molecule has 0 aliphatic rings. The quantitative estimate of drug-likeness (QED) is 0.841. The van der Waals surface area contributed by atoms with Gasteiger partial charge in [-0.1, -0.05) is 35.4 Å². The standard InChI is InChI=1S/C15H21N3O2/c1-4-9-16-11(2)13-7-5-6-8-15(13)19-10-14-12(3)17-20-18-14/h5-8,11,16H,4,9-10H2,1-3H3. The molecule has 2 aromatic rings. The zero-order valence-corrected chi connectivity index (χ0v) is 12.2. The average molecular weight is 275 g/mol. The molecule has 1 heterocycles. The molecule has 5 heteroatoms. The zero-order chi connectivity index (χ0) is 14.4. The van der Waals surface area contributed by atoms with Gasteiger partial charge in [-0.25, -0.2) is 4.63 Å². The minimum atomic E-state index is 0.252. The van der Waals surface area contributed by atoms with E-state index in [1.54, 1.807) is 0 Å². The van der Waals surface area contributed by atoms with E-state index in [1.807, 2.05) is 25.1 Å². The molecule has 0 bridgehead atoms. The Kier molecular flexibility index (Phi) is 5.12. The van der Waals surface area contributed by atoms with Crippen LogP contribution in [0.2, 0.25) is 0 Å². The number of hydrogen-bond donors (Lipinski definition) is 1. The number of hydrogen-bond acceptors (Lipinski definition) is 5. The lowest BCUT2D eigenvalue weighted by molar-refractivity contribution is 0.267. The molecular formula is C15H21N3O2. The van der Waals surface area contributed by atoms with Crippen molar-refractivity contribution in [2.75, 3.05) is 6.54 Å². The maximum atomic E-state index is 5.86. The van der Waals surface area contributed by atoms with E-state index in [0.29, 0.717) is 6.61 Å². The Labute approximate surface area is 119 Å².